The lowest BCUT2D eigenvalue weighted by molar-refractivity contribution is -0.151. The summed E-state index contributed by atoms with van der Waals surface area (Å²) in [5.74, 6) is -3.75. The fraction of sp³-hybridized carbons (Fsp3) is 0.412. The Labute approximate surface area is 139 Å². The van der Waals surface area contributed by atoms with E-state index in [0.717, 1.165) is 15.4 Å². The number of nitrogens with zero attached hydrogens (tertiary/aromatic N) is 2. The summed E-state index contributed by atoms with van der Waals surface area (Å²) in [6, 6.07) is 5.39. The highest BCUT2D eigenvalue weighted by molar-refractivity contribution is 6.26. The number of halogens is 1. The zero-order chi connectivity index (χ0) is 17.9. The molecule has 4 amide bonds. The lowest BCUT2D eigenvalue weighted by atomic mass is 9.94. The maximum absolute atomic E-state index is 12.8. The second-order valence-electron chi connectivity index (χ2n) is 5.81. The summed E-state index contributed by atoms with van der Waals surface area (Å²) in [6.45, 7) is 0. The van der Waals surface area contributed by atoms with E-state index in [4.69, 9.17) is 0 Å². The average Bonchev–Trinajstić information content (AvgIpc) is 2.57. The maximum Gasteiger partial charge on any atom is 0.332 e. The summed E-state index contributed by atoms with van der Waals surface area (Å²) in [5.41, 5.74) is 0.957. The molecule has 1 aromatic carbocycles. The first-order valence-corrected chi connectivity index (χ1v) is 7.69. The molecule has 0 atom stereocenters. The number of carbonyl (C=O) groups is 4. The smallest absolute Gasteiger partial charge is 0.298 e. The number of aryl methyl sites for hydroxylation is 1. The number of barbiturate groups is 1. The average molecular weight is 334 g/mol. The molecule has 0 bridgehead atoms. The Balaban J connectivity index is 1.87. The van der Waals surface area contributed by atoms with Gasteiger partial charge in [0.25, 0.3) is 11.8 Å². The molecule has 1 aliphatic rings. The van der Waals surface area contributed by atoms with Crippen molar-refractivity contribution in [3.05, 3.63) is 35.6 Å². The number of ketones is 1. The van der Waals surface area contributed by atoms with E-state index in [0.29, 0.717) is 19.3 Å². The van der Waals surface area contributed by atoms with Gasteiger partial charge in [0.1, 0.15) is 5.82 Å². The molecule has 1 aromatic rings. The quantitative estimate of drug-likeness (QED) is 0.587. The van der Waals surface area contributed by atoms with Gasteiger partial charge < -0.3 is 0 Å². The van der Waals surface area contributed by atoms with E-state index in [1.54, 1.807) is 12.1 Å². The van der Waals surface area contributed by atoms with Gasteiger partial charge in [-0.1, -0.05) is 12.1 Å². The van der Waals surface area contributed by atoms with Crippen molar-refractivity contribution in [1.82, 2.24) is 9.80 Å². The molecule has 128 valence electrons. The Morgan fingerprint density at radius 1 is 1.00 bits per heavy atom. The highest BCUT2D eigenvalue weighted by atomic mass is 19.1. The van der Waals surface area contributed by atoms with Gasteiger partial charge >= 0.3 is 6.03 Å². The van der Waals surface area contributed by atoms with E-state index in [2.05, 4.69) is 0 Å². The molecular formula is C17H19FN2O4. The molecular weight excluding hydrogens is 315 g/mol. The van der Waals surface area contributed by atoms with Gasteiger partial charge in [-0.2, -0.15) is 0 Å². The second-order valence-corrected chi connectivity index (χ2v) is 5.81. The molecule has 7 heteroatoms. The third-order valence-electron chi connectivity index (χ3n) is 4.10. The molecule has 0 N–H and O–H groups in total. The summed E-state index contributed by atoms with van der Waals surface area (Å²) in [7, 11) is 2.50. The predicted octanol–water partition coefficient (Wildman–Crippen LogP) is 1.77. The number of rotatable bonds is 6. The summed E-state index contributed by atoms with van der Waals surface area (Å²) in [6.07, 6.45) is 1.95. The number of benzene rings is 1. The summed E-state index contributed by atoms with van der Waals surface area (Å²) < 4.78 is 12.8. The number of hydrogen-bond acceptors (Lipinski definition) is 4. The van der Waals surface area contributed by atoms with Crippen LogP contribution in [-0.4, -0.2) is 47.5 Å². The van der Waals surface area contributed by atoms with Crippen LogP contribution in [0.1, 0.15) is 24.8 Å². The Hall–Kier alpha value is -2.57. The van der Waals surface area contributed by atoms with Crippen LogP contribution in [0.4, 0.5) is 9.18 Å². The third kappa shape index (κ3) is 3.67. The van der Waals surface area contributed by atoms with E-state index in [1.807, 2.05) is 0 Å². The van der Waals surface area contributed by atoms with Crippen molar-refractivity contribution in [1.29, 1.82) is 0 Å². The largest absolute Gasteiger partial charge is 0.332 e. The Morgan fingerprint density at radius 3 is 2.08 bits per heavy atom. The van der Waals surface area contributed by atoms with Gasteiger partial charge in [-0.25, -0.2) is 9.18 Å². The maximum atomic E-state index is 12.8. The molecule has 24 heavy (non-hydrogen) atoms. The number of Topliss-reactive ketones (excluding diaryl/α,β-unsaturated/α-hetero) is 1. The minimum atomic E-state index is -1.43. The van der Waals surface area contributed by atoms with Gasteiger partial charge in [0.05, 0.1) is 0 Å². The molecule has 0 radical (unpaired) electrons. The van der Waals surface area contributed by atoms with Crippen molar-refractivity contribution in [2.45, 2.75) is 25.7 Å². The van der Waals surface area contributed by atoms with Crippen molar-refractivity contribution in [3.8, 4) is 0 Å². The number of unbranched alkanes of at least 4 members (excludes halogenated alkanes) is 1. The normalized spacial score (nSPS) is 16.0. The lowest BCUT2D eigenvalue weighted by Crippen LogP contribution is -2.58. The van der Waals surface area contributed by atoms with E-state index in [1.165, 1.54) is 26.2 Å². The predicted molar refractivity (Wildman–Crippen MR) is 83.4 cm³/mol. The zero-order valence-corrected chi connectivity index (χ0v) is 13.6. The van der Waals surface area contributed by atoms with Gasteiger partial charge in [-0.3, -0.25) is 24.2 Å². The van der Waals surface area contributed by atoms with Crippen molar-refractivity contribution in [2.75, 3.05) is 14.1 Å². The Morgan fingerprint density at radius 2 is 1.54 bits per heavy atom. The van der Waals surface area contributed by atoms with Crippen molar-refractivity contribution < 1.29 is 23.6 Å². The monoisotopic (exact) mass is 334 g/mol. The second kappa shape index (κ2) is 7.33. The topological polar surface area (TPSA) is 74.8 Å². The summed E-state index contributed by atoms with van der Waals surface area (Å²) >= 11 is 0. The van der Waals surface area contributed by atoms with Crippen LogP contribution in [0.15, 0.2) is 24.3 Å². The van der Waals surface area contributed by atoms with Crippen molar-refractivity contribution >= 4 is 23.6 Å². The fourth-order valence-electron chi connectivity index (χ4n) is 2.61. The molecule has 0 aromatic heterocycles. The van der Waals surface area contributed by atoms with Gasteiger partial charge in [0.2, 0.25) is 0 Å². The number of hydrogen-bond donors (Lipinski definition) is 0. The number of urea groups is 1. The van der Waals surface area contributed by atoms with E-state index in [-0.39, 0.29) is 12.2 Å². The first kappa shape index (κ1) is 17.8. The molecule has 0 spiro atoms. The molecule has 6 nitrogen and oxygen atoms in total. The third-order valence-corrected chi connectivity index (χ3v) is 4.10. The van der Waals surface area contributed by atoms with Crippen LogP contribution in [0.25, 0.3) is 0 Å². The van der Waals surface area contributed by atoms with Crippen LogP contribution in [0.3, 0.4) is 0 Å². The molecule has 2 rings (SSSR count). The molecule has 1 aliphatic heterocycles. The van der Waals surface area contributed by atoms with Crippen LogP contribution < -0.4 is 0 Å². The first-order valence-electron chi connectivity index (χ1n) is 7.69. The van der Waals surface area contributed by atoms with Gasteiger partial charge in [-0.15, -0.1) is 0 Å². The molecule has 0 saturated carbocycles. The Kier molecular flexibility index (Phi) is 5.43. The molecule has 1 saturated heterocycles. The summed E-state index contributed by atoms with van der Waals surface area (Å²) in [5, 5.41) is 0. The van der Waals surface area contributed by atoms with Crippen LogP contribution >= 0.6 is 0 Å². The highest BCUT2D eigenvalue weighted by Crippen LogP contribution is 2.19. The number of carbonyl (C=O) groups excluding carboxylic acids is 4. The van der Waals surface area contributed by atoms with Crippen LogP contribution in [0, 0.1) is 11.7 Å². The molecule has 1 fully saturated rings. The zero-order valence-electron chi connectivity index (χ0n) is 13.6. The van der Waals surface area contributed by atoms with E-state index >= 15 is 0 Å². The van der Waals surface area contributed by atoms with E-state index < -0.39 is 29.5 Å². The molecule has 1 heterocycles. The van der Waals surface area contributed by atoms with Crippen LogP contribution in [0.5, 0.6) is 0 Å². The standard InChI is InChI=1S/C17H19FN2O4/c1-19-15(22)14(16(23)20(2)17(19)24)13(21)6-4-3-5-11-7-9-12(18)10-8-11/h7-10,14H,3-6H2,1-2H3. The Bertz CT molecular complexity index is 648. The lowest BCUT2D eigenvalue weighted by Gasteiger charge is -2.32. The SMILES string of the molecule is CN1C(=O)C(C(=O)CCCCc2ccc(F)cc2)C(=O)N(C)C1=O. The van der Waals surface area contributed by atoms with Crippen LogP contribution in [0.2, 0.25) is 0 Å². The van der Waals surface area contributed by atoms with E-state index in [9.17, 15) is 23.6 Å². The number of amides is 4. The van der Waals surface area contributed by atoms with Crippen molar-refractivity contribution in [2.24, 2.45) is 5.92 Å². The molecule has 0 aliphatic carbocycles. The van der Waals surface area contributed by atoms with Crippen molar-refractivity contribution in [3.63, 3.8) is 0 Å². The van der Waals surface area contributed by atoms with Gasteiger partial charge in [0.15, 0.2) is 11.7 Å². The highest BCUT2D eigenvalue weighted by Gasteiger charge is 2.45. The summed E-state index contributed by atoms with van der Waals surface area (Å²) in [4.78, 5) is 49.5. The first-order chi connectivity index (χ1) is 11.3. The van der Waals surface area contributed by atoms with Gasteiger partial charge in [0, 0.05) is 20.5 Å². The van der Waals surface area contributed by atoms with Crippen LogP contribution in [-0.2, 0) is 20.8 Å². The molecule has 0 unspecified atom stereocenters. The number of imide groups is 2. The minimum absolute atomic E-state index is 0.0826. The minimum Gasteiger partial charge on any atom is -0.298 e. The van der Waals surface area contributed by atoms with Gasteiger partial charge in [-0.05, 0) is 37.0 Å². The fourth-order valence-corrected chi connectivity index (χ4v) is 2.61.